The van der Waals surface area contributed by atoms with Crippen molar-refractivity contribution in [1.82, 2.24) is 20.1 Å². The number of hydrogen-bond acceptors (Lipinski definition) is 4. The molecule has 0 radical (unpaired) electrons. The molecular weight excluding hydrogens is 318 g/mol. The van der Waals surface area contributed by atoms with Gasteiger partial charge >= 0.3 is 6.03 Å². The maximum Gasteiger partial charge on any atom is 0.319 e. The first-order valence-corrected chi connectivity index (χ1v) is 8.04. The molecule has 7 nitrogen and oxygen atoms in total. The fourth-order valence-electron chi connectivity index (χ4n) is 2.81. The predicted molar refractivity (Wildman–Crippen MR) is 92.9 cm³/mol. The number of hydrogen-bond donors (Lipinski definition) is 2. The third-order valence-corrected chi connectivity index (χ3v) is 3.96. The molecule has 0 fully saturated rings. The van der Waals surface area contributed by atoms with Crippen LogP contribution in [0.2, 0.25) is 0 Å². The van der Waals surface area contributed by atoms with Crippen molar-refractivity contribution >= 4 is 11.7 Å². The van der Waals surface area contributed by atoms with Gasteiger partial charge in [-0.2, -0.15) is 5.10 Å². The summed E-state index contributed by atoms with van der Waals surface area (Å²) in [5, 5.41) is 9.81. The number of anilines is 1. The average molecular weight is 335 g/mol. The molecule has 1 aliphatic heterocycles. The van der Waals surface area contributed by atoms with Crippen LogP contribution in [0.25, 0.3) is 5.82 Å². The lowest BCUT2D eigenvalue weighted by Crippen LogP contribution is -2.37. The molecule has 0 saturated heterocycles. The quantitative estimate of drug-likeness (QED) is 0.767. The van der Waals surface area contributed by atoms with Crippen molar-refractivity contribution in [2.75, 3.05) is 11.9 Å². The zero-order valence-electron chi connectivity index (χ0n) is 13.4. The minimum Gasteiger partial charge on any atom is -0.488 e. The van der Waals surface area contributed by atoms with Crippen molar-refractivity contribution in [3.8, 4) is 11.6 Å². The van der Waals surface area contributed by atoms with Gasteiger partial charge in [-0.15, -0.1) is 0 Å². The molecule has 1 aromatic carbocycles. The van der Waals surface area contributed by atoms with Crippen molar-refractivity contribution in [1.29, 1.82) is 0 Å². The molecule has 2 aromatic heterocycles. The van der Waals surface area contributed by atoms with Gasteiger partial charge in [0, 0.05) is 25.0 Å². The molecule has 1 aliphatic rings. The Morgan fingerprint density at radius 2 is 2.12 bits per heavy atom. The van der Waals surface area contributed by atoms with Gasteiger partial charge in [0.25, 0.3) is 0 Å². The van der Waals surface area contributed by atoms with Gasteiger partial charge in [0.05, 0.1) is 12.2 Å². The summed E-state index contributed by atoms with van der Waals surface area (Å²) in [5.74, 6) is 1.45. The van der Waals surface area contributed by atoms with Crippen LogP contribution in [0, 0.1) is 0 Å². The van der Waals surface area contributed by atoms with Gasteiger partial charge < -0.3 is 15.4 Å². The molecule has 25 heavy (non-hydrogen) atoms. The number of carbonyl (C=O) groups is 1. The second-order valence-electron chi connectivity index (χ2n) is 5.71. The lowest BCUT2D eigenvalue weighted by Gasteiger charge is -2.14. The molecular formula is C18H17N5O2. The van der Waals surface area contributed by atoms with Crippen LogP contribution < -0.4 is 15.4 Å². The molecule has 4 rings (SSSR count). The molecule has 1 atom stereocenters. The highest BCUT2D eigenvalue weighted by molar-refractivity contribution is 5.91. The minimum atomic E-state index is -0.305. The van der Waals surface area contributed by atoms with Crippen molar-refractivity contribution in [3.63, 3.8) is 0 Å². The first-order chi connectivity index (χ1) is 12.3. The average Bonchev–Trinajstić information content (AvgIpc) is 3.30. The van der Waals surface area contributed by atoms with E-state index in [2.05, 4.69) is 20.7 Å². The van der Waals surface area contributed by atoms with Crippen molar-refractivity contribution < 1.29 is 9.53 Å². The molecule has 2 N–H and O–H groups in total. The third-order valence-electron chi connectivity index (χ3n) is 3.96. The van der Waals surface area contributed by atoms with Gasteiger partial charge in [-0.1, -0.05) is 18.2 Å². The maximum atomic E-state index is 12.2. The standard InChI is InChI=1S/C18H17N5O2/c24-18(20-12-14-11-13-5-1-2-7-16(13)25-14)22-15-6-3-8-19-17(15)23-10-4-9-21-23/h1-10,14H,11-12H2,(H2,20,22,24)/t14-/m0/s1. The van der Waals surface area contributed by atoms with Crippen LogP contribution in [-0.4, -0.2) is 33.4 Å². The topological polar surface area (TPSA) is 81.1 Å². The van der Waals surface area contributed by atoms with E-state index < -0.39 is 0 Å². The van der Waals surface area contributed by atoms with Crippen LogP contribution in [0.1, 0.15) is 5.56 Å². The first-order valence-electron chi connectivity index (χ1n) is 8.04. The van der Waals surface area contributed by atoms with E-state index in [1.54, 1.807) is 41.5 Å². The summed E-state index contributed by atoms with van der Waals surface area (Å²) in [6.07, 6.45) is 5.83. The Kier molecular flexibility index (Phi) is 4.04. The number of nitrogens with one attached hydrogen (secondary N) is 2. The van der Waals surface area contributed by atoms with E-state index in [9.17, 15) is 4.79 Å². The van der Waals surface area contributed by atoms with Crippen molar-refractivity contribution in [3.05, 3.63) is 66.6 Å². The van der Waals surface area contributed by atoms with Crippen molar-refractivity contribution in [2.45, 2.75) is 12.5 Å². The minimum absolute atomic E-state index is 0.0531. The third kappa shape index (κ3) is 3.30. The summed E-state index contributed by atoms with van der Waals surface area (Å²) in [6, 6.07) is 13.0. The van der Waals surface area contributed by atoms with Gasteiger partial charge in [-0.25, -0.2) is 14.5 Å². The zero-order chi connectivity index (χ0) is 17.1. The molecule has 0 unspecified atom stereocenters. The monoisotopic (exact) mass is 335 g/mol. The van der Waals surface area contributed by atoms with Crippen LogP contribution in [0.3, 0.4) is 0 Å². The number of benzene rings is 1. The second kappa shape index (κ2) is 6.64. The Bertz CT molecular complexity index is 854. The van der Waals surface area contributed by atoms with Crippen LogP contribution in [-0.2, 0) is 6.42 Å². The van der Waals surface area contributed by atoms with E-state index in [4.69, 9.17) is 4.74 Å². The molecule has 0 saturated carbocycles. The largest absolute Gasteiger partial charge is 0.488 e. The van der Waals surface area contributed by atoms with Crippen LogP contribution in [0.5, 0.6) is 5.75 Å². The SMILES string of the molecule is O=C(NC[C@@H]1Cc2ccccc2O1)Nc1cccnc1-n1cccn1. The molecule has 7 heteroatoms. The fraction of sp³-hybridized carbons (Fsp3) is 0.167. The number of fused-ring (bicyclic) bond motifs is 1. The number of urea groups is 1. The highest BCUT2D eigenvalue weighted by atomic mass is 16.5. The van der Waals surface area contributed by atoms with E-state index in [1.165, 1.54) is 5.56 Å². The summed E-state index contributed by atoms with van der Waals surface area (Å²) in [4.78, 5) is 16.5. The van der Waals surface area contributed by atoms with Gasteiger partial charge in [0.1, 0.15) is 11.9 Å². The second-order valence-corrected chi connectivity index (χ2v) is 5.71. The van der Waals surface area contributed by atoms with Gasteiger partial charge in [-0.05, 0) is 29.8 Å². The van der Waals surface area contributed by atoms with Gasteiger partial charge in [0.2, 0.25) is 0 Å². The summed E-state index contributed by atoms with van der Waals surface area (Å²) in [6.45, 7) is 0.428. The summed E-state index contributed by atoms with van der Waals surface area (Å²) >= 11 is 0. The van der Waals surface area contributed by atoms with E-state index in [1.807, 2.05) is 24.3 Å². The summed E-state index contributed by atoms with van der Waals surface area (Å²) in [5.41, 5.74) is 1.75. The van der Waals surface area contributed by atoms with Crippen LogP contribution >= 0.6 is 0 Å². The number of nitrogens with zero attached hydrogens (tertiary/aromatic N) is 3. The van der Waals surface area contributed by atoms with Gasteiger partial charge in [-0.3, -0.25) is 0 Å². The fourth-order valence-corrected chi connectivity index (χ4v) is 2.81. The lowest BCUT2D eigenvalue weighted by molar-refractivity contribution is 0.219. The van der Waals surface area contributed by atoms with E-state index in [0.29, 0.717) is 18.1 Å². The van der Waals surface area contributed by atoms with E-state index in [-0.39, 0.29) is 12.1 Å². The Hall–Kier alpha value is -3.35. The normalized spacial score (nSPS) is 15.3. The molecule has 126 valence electrons. The van der Waals surface area contributed by atoms with Crippen molar-refractivity contribution in [2.24, 2.45) is 0 Å². The van der Waals surface area contributed by atoms with Crippen LogP contribution in [0.4, 0.5) is 10.5 Å². The number of carbonyl (C=O) groups excluding carboxylic acids is 1. The molecule has 0 spiro atoms. The number of amides is 2. The molecule has 0 aliphatic carbocycles. The van der Waals surface area contributed by atoms with E-state index >= 15 is 0 Å². The summed E-state index contributed by atoms with van der Waals surface area (Å²) in [7, 11) is 0. The number of aromatic nitrogens is 3. The predicted octanol–water partition coefficient (Wildman–Crippen LogP) is 2.39. The molecule has 2 amide bonds. The zero-order valence-corrected chi connectivity index (χ0v) is 13.4. The highest BCUT2D eigenvalue weighted by Crippen LogP contribution is 2.27. The number of ether oxygens (including phenoxy) is 1. The molecule has 3 heterocycles. The first kappa shape index (κ1) is 15.2. The Morgan fingerprint density at radius 3 is 2.96 bits per heavy atom. The summed E-state index contributed by atoms with van der Waals surface area (Å²) < 4.78 is 7.42. The smallest absolute Gasteiger partial charge is 0.319 e. The number of rotatable bonds is 4. The molecule has 0 bridgehead atoms. The van der Waals surface area contributed by atoms with Crippen LogP contribution in [0.15, 0.2) is 61.1 Å². The number of para-hydroxylation sites is 1. The highest BCUT2D eigenvalue weighted by Gasteiger charge is 2.22. The van der Waals surface area contributed by atoms with Gasteiger partial charge in [0.15, 0.2) is 5.82 Å². The Balaban J connectivity index is 1.36. The lowest BCUT2D eigenvalue weighted by atomic mass is 10.1. The Morgan fingerprint density at radius 1 is 1.20 bits per heavy atom. The maximum absolute atomic E-state index is 12.2. The molecule has 3 aromatic rings. The van der Waals surface area contributed by atoms with E-state index in [0.717, 1.165) is 12.2 Å². The number of pyridine rings is 1. The Labute approximate surface area is 144 Å².